The average Bonchev–Trinajstić information content (AvgIpc) is 2.50. The van der Waals surface area contributed by atoms with Crippen LogP contribution in [-0.2, 0) is 9.53 Å². The minimum absolute atomic E-state index is 0.0891. The molecule has 1 rings (SSSR count). The normalized spacial score (nSPS) is 10.8. The minimum atomic E-state index is -0.509. The first-order valence-electron chi connectivity index (χ1n) is 8.00. The van der Waals surface area contributed by atoms with Crippen LogP contribution in [0.15, 0.2) is 24.3 Å². The third-order valence-corrected chi connectivity index (χ3v) is 3.18. The van der Waals surface area contributed by atoms with Crippen molar-refractivity contribution >= 4 is 24.0 Å². The molecule has 132 valence electrons. The highest BCUT2D eigenvalue weighted by molar-refractivity contribution is 5.91. The van der Waals surface area contributed by atoms with Crippen LogP contribution in [0.2, 0.25) is 0 Å². The van der Waals surface area contributed by atoms with Crippen LogP contribution in [-0.4, -0.2) is 42.4 Å². The maximum absolute atomic E-state index is 11.8. The van der Waals surface area contributed by atoms with Gasteiger partial charge in [0.25, 0.3) is 0 Å². The minimum Gasteiger partial charge on any atom is -0.444 e. The number of hydrogen-bond donors (Lipinski definition) is 1. The van der Waals surface area contributed by atoms with Crippen LogP contribution in [0.4, 0.5) is 10.5 Å². The van der Waals surface area contributed by atoms with Gasteiger partial charge in [0, 0.05) is 31.3 Å². The molecule has 6 nitrogen and oxygen atoms in total. The van der Waals surface area contributed by atoms with E-state index in [1.54, 1.807) is 31.3 Å². The summed E-state index contributed by atoms with van der Waals surface area (Å²) in [7, 11) is 1.68. The molecule has 1 aromatic rings. The van der Waals surface area contributed by atoms with Gasteiger partial charge in [-0.25, -0.2) is 4.79 Å². The van der Waals surface area contributed by atoms with Crippen molar-refractivity contribution in [3.05, 3.63) is 29.8 Å². The molecule has 0 radical (unpaired) electrons. The van der Waals surface area contributed by atoms with E-state index in [1.165, 1.54) is 4.90 Å². The molecule has 6 heteroatoms. The van der Waals surface area contributed by atoms with E-state index < -0.39 is 5.60 Å². The number of aldehydes is 1. The third-order valence-electron chi connectivity index (χ3n) is 3.18. The molecule has 24 heavy (non-hydrogen) atoms. The summed E-state index contributed by atoms with van der Waals surface area (Å²) in [4.78, 5) is 35.7. The number of nitrogens with zero attached hydrogens (tertiary/aromatic N) is 1. The quantitative estimate of drug-likeness (QED) is 0.612. The van der Waals surface area contributed by atoms with Crippen molar-refractivity contribution in [3.8, 4) is 0 Å². The van der Waals surface area contributed by atoms with E-state index in [-0.39, 0.29) is 12.0 Å². The van der Waals surface area contributed by atoms with E-state index in [1.807, 2.05) is 20.8 Å². The van der Waals surface area contributed by atoms with Gasteiger partial charge in [-0.05, 0) is 57.9 Å². The van der Waals surface area contributed by atoms with Crippen molar-refractivity contribution in [3.63, 3.8) is 0 Å². The molecule has 0 unspecified atom stereocenters. The van der Waals surface area contributed by atoms with Gasteiger partial charge < -0.3 is 15.0 Å². The number of carbonyl (C=O) groups excluding carboxylic acids is 3. The summed E-state index contributed by atoms with van der Waals surface area (Å²) in [6, 6.07) is 6.69. The van der Waals surface area contributed by atoms with Crippen LogP contribution in [0.3, 0.4) is 0 Å². The molecule has 0 fully saturated rings. The van der Waals surface area contributed by atoms with Crippen molar-refractivity contribution in [1.82, 2.24) is 4.90 Å². The van der Waals surface area contributed by atoms with Gasteiger partial charge in [-0.1, -0.05) is 0 Å². The number of benzene rings is 1. The fourth-order valence-electron chi connectivity index (χ4n) is 1.93. The zero-order valence-electron chi connectivity index (χ0n) is 14.8. The first kappa shape index (κ1) is 19.7. The first-order chi connectivity index (χ1) is 11.2. The van der Waals surface area contributed by atoms with Crippen LogP contribution in [0.25, 0.3) is 0 Å². The Hall–Kier alpha value is -2.37. The number of ether oxygens (including phenoxy) is 1. The van der Waals surface area contributed by atoms with E-state index in [9.17, 15) is 14.4 Å². The summed E-state index contributed by atoms with van der Waals surface area (Å²) >= 11 is 0. The number of nitrogens with one attached hydrogen (secondary N) is 1. The van der Waals surface area contributed by atoms with Gasteiger partial charge in [-0.2, -0.15) is 0 Å². The Morgan fingerprint density at radius 3 is 2.33 bits per heavy atom. The van der Waals surface area contributed by atoms with Gasteiger partial charge >= 0.3 is 6.09 Å². The van der Waals surface area contributed by atoms with Crippen molar-refractivity contribution < 1.29 is 19.1 Å². The van der Waals surface area contributed by atoms with E-state index >= 15 is 0 Å². The third kappa shape index (κ3) is 7.76. The fraction of sp³-hybridized carbons (Fsp3) is 0.500. The Kier molecular flexibility index (Phi) is 7.42. The number of anilines is 1. The number of unbranched alkanes of at least 4 members (excludes halogenated alkanes) is 1. The van der Waals surface area contributed by atoms with Crippen LogP contribution < -0.4 is 5.32 Å². The fourth-order valence-corrected chi connectivity index (χ4v) is 1.93. The lowest BCUT2D eigenvalue weighted by molar-refractivity contribution is -0.116. The molecule has 0 saturated carbocycles. The maximum Gasteiger partial charge on any atom is 0.410 e. The Morgan fingerprint density at radius 2 is 1.79 bits per heavy atom. The second kappa shape index (κ2) is 9.05. The first-order valence-corrected chi connectivity index (χ1v) is 8.00. The average molecular weight is 334 g/mol. The molecule has 0 aliphatic carbocycles. The molecule has 0 aliphatic heterocycles. The maximum atomic E-state index is 11.8. The van der Waals surface area contributed by atoms with Crippen molar-refractivity contribution in [2.75, 3.05) is 18.9 Å². The molecule has 1 N–H and O–H groups in total. The molecule has 0 aliphatic rings. The standard InChI is InChI=1S/C18H26N2O4/c1-18(2,3)24-17(23)20(4)12-6-5-7-16(22)19-15-10-8-14(13-21)9-11-15/h8-11,13H,5-7,12H2,1-4H3,(H,19,22). The molecule has 0 saturated heterocycles. The molecular weight excluding hydrogens is 308 g/mol. The van der Waals surface area contributed by atoms with Gasteiger partial charge in [0.15, 0.2) is 0 Å². The molecule has 1 aromatic carbocycles. The van der Waals surface area contributed by atoms with Crippen molar-refractivity contribution in [2.45, 2.75) is 45.6 Å². The lowest BCUT2D eigenvalue weighted by Gasteiger charge is -2.24. The molecule has 0 heterocycles. The van der Waals surface area contributed by atoms with Gasteiger partial charge in [0.1, 0.15) is 11.9 Å². The van der Waals surface area contributed by atoms with Gasteiger partial charge in [0.2, 0.25) is 5.91 Å². The molecular formula is C18H26N2O4. The second-order valence-electron chi connectivity index (χ2n) is 6.65. The van der Waals surface area contributed by atoms with E-state index in [0.29, 0.717) is 37.1 Å². The highest BCUT2D eigenvalue weighted by Gasteiger charge is 2.19. The number of hydrogen-bond acceptors (Lipinski definition) is 4. The Bertz CT molecular complexity index is 561. The lowest BCUT2D eigenvalue weighted by Crippen LogP contribution is -2.34. The topological polar surface area (TPSA) is 75.7 Å². The summed E-state index contributed by atoms with van der Waals surface area (Å²) in [6.45, 7) is 6.01. The SMILES string of the molecule is CN(CCCCC(=O)Nc1ccc(C=O)cc1)C(=O)OC(C)(C)C. The van der Waals surface area contributed by atoms with Crippen LogP contribution in [0.5, 0.6) is 0 Å². The number of carbonyl (C=O) groups is 3. The summed E-state index contributed by atoms with van der Waals surface area (Å²) in [5.74, 6) is -0.0891. The Labute approximate surface area is 143 Å². The zero-order chi connectivity index (χ0) is 18.2. The van der Waals surface area contributed by atoms with Crippen LogP contribution in [0, 0.1) is 0 Å². The number of rotatable bonds is 7. The molecule has 2 amide bonds. The van der Waals surface area contributed by atoms with Crippen LogP contribution in [0.1, 0.15) is 50.4 Å². The van der Waals surface area contributed by atoms with Gasteiger partial charge in [-0.3, -0.25) is 9.59 Å². The monoisotopic (exact) mass is 334 g/mol. The summed E-state index contributed by atoms with van der Waals surface area (Å²) in [6.07, 6.45) is 2.16. The predicted octanol–water partition coefficient (Wildman–Crippen LogP) is 3.47. The zero-order valence-corrected chi connectivity index (χ0v) is 14.8. The summed E-state index contributed by atoms with van der Waals surface area (Å²) in [5.41, 5.74) is 0.722. The van der Waals surface area contributed by atoms with Crippen molar-refractivity contribution in [1.29, 1.82) is 0 Å². The van der Waals surface area contributed by atoms with Gasteiger partial charge in [-0.15, -0.1) is 0 Å². The highest BCUT2D eigenvalue weighted by Crippen LogP contribution is 2.11. The van der Waals surface area contributed by atoms with Crippen LogP contribution >= 0.6 is 0 Å². The Morgan fingerprint density at radius 1 is 1.17 bits per heavy atom. The summed E-state index contributed by atoms with van der Waals surface area (Å²) in [5, 5.41) is 2.78. The smallest absolute Gasteiger partial charge is 0.410 e. The van der Waals surface area contributed by atoms with E-state index in [2.05, 4.69) is 5.32 Å². The van der Waals surface area contributed by atoms with E-state index in [4.69, 9.17) is 4.74 Å². The highest BCUT2D eigenvalue weighted by atomic mass is 16.6. The van der Waals surface area contributed by atoms with E-state index in [0.717, 1.165) is 6.29 Å². The van der Waals surface area contributed by atoms with Gasteiger partial charge in [0.05, 0.1) is 0 Å². The second-order valence-corrected chi connectivity index (χ2v) is 6.65. The lowest BCUT2D eigenvalue weighted by atomic mass is 10.2. The predicted molar refractivity (Wildman–Crippen MR) is 93.2 cm³/mol. The Balaban J connectivity index is 2.25. The number of amides is 2. The molecule has 0 bridgehead atoms. The molecule has 0 spiro atoms. The molecule has 0 atom stereocenters. The molecule has 0 aromatic heterocycles. The van der Waals surface area contributed by atoms with Crippen molar-refractivity contribution in [2.24, 2.45) is 0 Å². The summed E-state index contributed by atoms with van der Waals surface area (Å²) < 4.78 is 5.26. The largest absolute Gasteiger partial charge is 0.444 e.